The summed E-state index contributed by atoms with van der Waals surface area (Å²) in [6.45, 7) is 1.56. The predicted octanol–water partition coefficient (Wildman–Crippen LogP) is -1.76. The largest absolute Gasteiger partial charge is 0.378 e. The van der Waals surface area contributed by atoms with E-state index in [4.69, 9.17) is 11.6 Å². The van der Waals surface area contributed by atoms with Crippen LogP contribution in [-0.2, 0) is 0 Å². The Labute approximate surface area is 56.4 Å². The number of anilines is 1. The van der Waals surface area contributed by atoms with E-state index in [-0.39, 0.29) is 5.82 Å². The third-order valence-electron chi connectivity index (χ3n) is 1.09. The summed E-state index contributed by atoms with van der Waals surface area (Å²) in [6.07, 6.45) is 0. The fourth-order valence-corrected chi connectivity index (χ4v) is 0.488. The first-order valence-electron chi connectivity index (χ1n) is 2.60. The van der Waals surface area contributed by atoms with Gasteiger partial charge < -0.3 is 11.6 Å². The lowest BCUT2D eigenvalue weighted by Gasteiger charge is -1.99. The van der Waals surface area contributed by atoms with Crippen molar-refractivity contribution in [3.8, 4) is 0 Å². The van der Waals surface area contributed by atoms with Crippen molar-refractivity contribution in [1.82, 2.24) is 14.9 Å². The number of nitrogen functional groups attached to an aromatic ring is 2. The Morgan fingerprint density at radius 2 is 2.10 bits per heavy atom. The molecule has 0 saturated carbocycles. The van der Waals surface area contributed by atoms with Gasteiger partial charge in [-0.05, 0) is 6.92 Å². The van der Waals surface area contributed by atoms with E-state index in [9.17, 15) is 4.79 Å². The van der Waals surface area contributed by atoms with Crippen molar-refractivity contribution in [3.05, 3.63) is 16.2 Å². The molecule has 0 aliphatic carbocycles. The molecule has 4 N–H and O–H groups in total. The summed E-state index contributed by atoms with van der Waals surface area (Å²) in [5.41, 5.74) is 4.58. The second-order valence-corrected chi connectivity index (χ2v) is 1.81. The zero-order chi connectivity index (χ0) is 7.72. The maximum atomic E-state index is 10.8. The van der Waals surface area contributed by atoms with Gasteiger partial charge >= 0.3 is 5.56 Å². The lowest BCUT2D eigenvalue weighted by Crippen LogP contribution is -2.33. The minimum Gasteiger partial charge on any atom is -0.378 e. The van der Waals surface area contributed by atoms with Gasteiger partial charge in [-0.3, -0.25) is 4.79 Å². The summed E-state index contributed by atoms with van der Waals surface area (Å²) in [5, 5.41) is 6.86. The molecule has 0 unspecified atom stereocenters. The van der Waals surface area contributed by atoms with Gasteiger partial charge in [-0.1, -0.05) is 0 Å². The fraction of sp³-hybridized carbons (Fsp3) is 0.250. The second kappa shape index (κ2) is 1.98. The number of nitrogens with zero attached hydrogens (tertiary/aromatic N) is 3. The summed E-state index contributed by atoms with van der Waals surface area (Å²) >= 11 is 0. The van der Waals surface area contributed by atoms with Gasteiger partial charge in [0.2, 0.25) is 5.82 Å². The topological polar surface area (TPSA) is 99.8 Å². The molecular formula is C4H7N5O. The second-order valence-electron chi connectivity index (χ2n) is 1.81. The molecule has 1 rings (SSSR count). The average Bonchev–Trinajstić information content (AvgIpc) is 1.93. The zero-order valence-corrected chi connectivity index (χ0v) is 5.40. The van der Waals surface area contributed by atoms with Gasteiger partial charge in [0.15, 0.2) is 5.82 Å². The van der Waals surface area contributed by atoms with E-state index < -0.39 is 5.56 Å². The van der Waals surface area contributed by atoms with Crippen LogP contribution in [0.2, 0.25) is 0 Å². The van der Waals surface area contributed by atoms with E-state index in [1.165, 1.54) is 0 Å². The molecular weight excluding hydrogens is 134 g/mol. The normalized spacial score (nSPS) is 9.70. The van der Waals surface area contributed by atoms with Gasteiger partial charge in [-0.15, -0.1) is 10.2 Å². The summed E-state index contributed by atoms with van der Waals surface area (Å²) in [5.74, 6) is 5.35. The Morgan fingerprint density at radius 3 is 2.60 bits per heavy atom. The molecule has 6 nitrogen and oxygen atoms in total. The van der Waals surface area contributed by atoms with Crippen LogP contribution in [0.4, 0.5) is 5.82 Å². The molecule has 1 heterocycles. The predicted molar refractivity (Wildman–Crippen MR) is 35.6 cm³/mol. The summed E-state index contributed by atoms with van der Waals surface area (Å²) in [6, 6.07) is 0. The SMILES string of the molecule is Cc1nnc(N)c(=O)n1N. The van der Waals surface area contributed by atoms with Crippen molar-refractivity contribution in [2.75, 3.05) is 11.6 Å². The molecule has 0 amide bonds. The van der Waals surface area contributed by atoms with Crippen molar-refractivity contribution in [3.63, 3.8) is 0 Å². The smallest absolute Gasteiger partial charge is 0.314 e. The van der Waals surface area contributed by atoms with E-state index in [0.717, 1.165) is 4.68 Å². The van der Waals surface area contributed by atoms with Crippen LogP contribution in [-0.4, -0.2) is 14.9 Å². The van der Waals surface area contributed by atoms with Gasteiger partial charge in [0.25, 0.3) is 0 Å². The Morgan fingerprint density at radius 1 is 1.50 bits per heavy atom. The summed E-state index contributed by atoms with van der Waals surface area (Å²) in [4.78, 5) is 10.8. The van der Waals surface area contributed by atoms with E-state index in [0.29, 0.717) is 5.82 Å². The highest BCUT2D eigenvalue weighted by atomic mass is 16.1. The van der Waals surface area contributed by atoms with Gasteiger partial charge in [-0.2, -0.15) is 0 Å². The maximum Gasteiger partial charge on any atom is 0.314 e. The fourth-order valence-electron chi connectivity index (χ4n) is 0.488. The van der Waals surface area contributed by atoms with Crippen LogP contribution in [0, 0.1) is 6.92 Å². The first-order chi connectivity index (χ1) is 4.63. The number of hydrogen-bond acceptors (Lipinski definition) is 5. The zero-order valence-electron chi connectivity index (χ0n) is 5.40. The van der Waals surface area contributed by atoms with Crippen LogP contribution >= 0.6 is 0 Å². The molecule has 0 radical (unpaired) electrons. The molecule has 10 heavy (non-hydrogen) atoms. The number of nitrogens with two attached hydrogens (primary N) is 2. The van der Waals surface area contributed by atoms with Gasteiger partial charge in [-0.25, -0.2) is 4.68 Å². The molecule has 54 valence electrons. The molecule has 0 atom stereocenters. The molecule has 0 bridgehead atoms. The van der Waals surface area contributed by atoms with Crippen molar-refractivity contribution in [2.45, 2.75) is 6.92 Å². The van der Waals surface area contributed by atoms with Crippen LogP contribution in [0.1, 0.15) is 5.82 Å². The van der Waals surface area contributed by atoms with E-state index in [1.54, 1.807) is 6.92 Å². The van der Waals surface area contributed by atoms with E-state index in [2.05, 4.69) is 10.2 Å². The molecule has 0 aliphatic rings. The molecule has 0 aliphatic heterocycles. The van der Waals surface area contributed by atoms with E-state index in [1.807, 2.05) is 0 Å². The van der Waals surface area contributed by atoms with Crippen molar-refractivity contribution in [2.24, 2.45) is 0 Å². The molecule has 1 aromatic heterocycles. The van der Waals surface area contributed by atoms with Crippen LogP contribution in [0.15, 0.2) is 4.79 Å². The molecule has 0 saturated heterocycles. The summed E-state index contributed by atoms with van der Waals surface area (Å²) in [7, 11) is 0. The van der Waals surface area contributed by atoms with Crippen molar-refractivity contribution < 1.29 is 0 Å². The monoisotopic (exact) mass is 141 g/mol. The molecule has 1 aromatic rings. The summed E-state index contributed by atoms with van der Waals surface area (Å²) < 4.78 is 0.850. The standard InChI is InChI=1S/C4H7N5O/c1-2-7-8-3(5)4(10)9(2)6/h6H2,1H3,(H2,5,8). The first kappa shape index (κ1) is 6.53. The highest BCUT2D eigenvalue weighted by Gasteiger charge is 2.00. The van der Waals surface area contributed by atoms with Gasteiger partial charge in [0, 0.05) is 0 Å². The lowest BCUT2D eigenvalue weighted by atomic mass is 10.6. The van der Waals surface area contributed by atoms with Gasteiger partial charge in [0.05, 0.1) is 0 Å². The molecule has 0 fully saturated rings. The highest BCUT2D eigenvalue weighted by Crippen LogP contribution is 1.82. The Bertz CT molecular complexity index is 303. The molecule has 0 aromatic carbocycles. The number of aromatic nitrogens is 3. The Kier molecular flexibility index (Phi) is 1.29. The third kappa shape index (κ3) is 0.790. The van der Waals surface area contributed by atoms with Crippen LogP contribution in [0.3, 0.4) is 0 Å². The Hall–Kier alpha value is -1.59. The maximum absolute atomic E-state index is 10.8. The van der Waals surface area contributed by atoms with Crippen LogP contribution < -0.4 is 17.1 Å². The Balaban J connectivity index is 3.50. The number of rotatable bonds is 0. The first-order valence-corrected chi connectivity index (χ1v) is 2.60. The van der Waals surface area contributed by atoms with Crippen LogP contribution in [0.25, 0.3) is 0 Å². The average molecular weight is 141 g/mol. The number of hydrogen-bond donors (Lipinski definition) is 2. The van der Waals surface area contributed by atoms with Crippen molar-refractivity contribution >= 4 is 5.82 Å². The van der Waals surface area contributed by atoms with Crippen molar-refractivity contribution in [1.29, 1.82) is 0 Å². The van der Waals surface area contributed by atoms with Gasteiger partial charge in [0.1, 0.15) is 0 Å². The molecule has 0 spiro atoms. The quantitative estimate of drug-likeness (QED) is 0.417. The minimum atomic E-state index is -0.521. The number of aryl methyl sites for hydroxylation is 1. The molecule has 6 heteroatoms. The van der Waals surface area contributed by atoms with Crippen LogP contribution in [0.5, 0.6) is 0 Å². The lowest BCUT2D eigenvalue weighted by molar-refractivity contribution is 0.776. The highest BCUT2D eigenvalue weighted by molar-refractivity contribution is 5.21. The van der Waals surface area contributed by atoms with E-state index >= 15 is 0 Å². The third-order valence-corrected chi connectivity index (χ3v) is 1.09. The minimum absolute atomic E-state index is 0.187.